The second-order valence-corrected chi connectivity index (χ2v) is 2.28. The Labute approximate surface area is 71.0 Å². The highest BCUT2D eigenvalue weighted by atomic mass is 19.4. The lowest BCUT2D eigenvalue weighted by molar-refractivity contribution is 0.0990. The van der Waals surface area contributed by atoms with Gasteiger partial charge in [0.25, 0.3) is 5.91 Å². The van der Waals surface area contributed by atoms with E-state index in [4.69, 9.17) is 5.73 Å². The largest absolute Gasteiger partial charge is 0.512 e. The summed E-state index contributed by atoms with van der Waals surface area (Å²) in [5.74, 6) is -1.38. The molecule has 1 rings (SSSR count). The minimum atomic E-state index is -5.12. The van der Waals surface area contributed by atoms with Gasteiger partial charge in [-0.1, -0.05) is 5.46 Å². The molecule has 0 saturated heterocycles. The summed E-state index contributed by atoms with van der Waals surface area (Å²) in [5, 5.41) is 0. The van der Waals surface area contributed by atoms with Gasteiger partial charge in [0.15, 0.2) is 0 Å². The fourth-order valence-electron chi connectivity index (χ4n) is 0.634. The summed E-state index contributed by atoms with van der Waals surface area (Å²) in [4.78, 5) is 16.7. The number of rotatable bonds is 2. The lowest BCUT2D eigenvalue weighted by atomic mass is 9.83. The highest BCUT2D eigenvalue weighted by molar-refractivity contribution is 6.73. The Morgan fingerprint density at radius 3 is 2.08 bits per heavy atom. The Hall–Kier alpha value is -1.60. The molecule has 0 aliphatic rings. The maximum Gasteiger partial charge on any atom is 0.512 e. The molecule has 0 unspecified atom stereocenters. The second-order valence-electron chi connectivity index (χ2n) is 2.28. The number of aromatic nitrogens is 2. The lowest BCUT2D eigenvalue weighted by Crippen LogP contribution is -2.35. The van der Waals surface area contributed by atoms with Crippen molar-refractivity contribution in [3.63, 3.8) is 0 Å². The van der Waals surface area contributed by atoms with Crippen molar-refractivity contribution in [3.05, 3.63) is 18.2 Å². The van der Waals surface area contributed by atoms with E-state index in [1.54, 1.807) is 0 Å². The molecule has 13 heavy (non-hydrogen) atoms. The molecular weight excluding hydrogens is 186 g/mol. The summed E-state index contributed by atoms with van der Waals surface area (Å²) < 4.78 is 36.0. The topological polar surface area (TPSA) is 68.9 Å². The molecule has 0 atom stereocenters. The zero-order valence-electron chi connectivity index (χ0n) is 6.25. The Morgan fingerprint density at radius 1 is 1.31 bits per heavy atom. The summed E-state index contributed by atoms with van der Waals surface area (Å²) in [5.41, 5.74) is 3.78. The highest BCUT2D eigenvalue weighted by Gasteiger charge is 2.26. The van der Waals surface area contributed by atoms with E-state index < -0.39 is 24.2 Å². The van der Waals surface area contributed by atoms with Crippen molar-refractivity contribution in [2.75, 3.05) is 0 Å². The smallest absolute Gasteiger partial charge is 0.445 e. The summed E-state index contributed by atoms with van der Waals surface area (Å²) >= 11 is 0. The van der Waals surface area contributed by atoms with Crippen molar-refractivity contribution >= 4 is 18.3 Å². The maximum atomic E-state index is 12.0. The van der Waals surface area contributed by atoms with Crippen LogP contribution in [0, 0.1) is 0 Å². The number of nitrogens with zero attached hydrogens (tertiary/aromatic N) is 2. The van der Waals surface area contributed by atoms with Gasteiger partial charge in [-0.15, -0.1) is 0 Å². The Bertz CT molecular complexity index is 323. The number of carbonyl (C=O) groups is 1. The molecule has 0 bridgehead atoms. The highest BCUT2D eigenvalue weighted by Crippen LogP contribution is 2.06. The standard InChI is InChI=1S/C5H4BF3N3O/c7-6(8,9)3-1-11-5(4(10)13)12-2-3/h1-2H,(H2,10,13)/q-1. The van der Waals surface area contributed by atoms with Crippen molar-refractivity contribution < 1.29 is 17.7 Å². The van der Waals surface area contributed by atoms with Crippen LogP contribution >= 0.6 is 0 Å². The van der Waals surface area contributed by atoms with Gasteiger partial charge in [0.05, 0.1) is 0 Å². The molecule has 0 spiro atoms. The van der Waals surface area contributed by atoms with Crippen molar-refractivity contribution in [1.29, 1.82) is 0 Å². The van der Waals surface area contributed by atoms with Gasteiger partial charge in [0.1, 0.15) is 0 Å². The number of hydrogen-bond acceptors (Lipinski definition) is 3. The zero-order chi connectivity index (χ0) is 10.1. The van der Waals surface area contributed by atoms with Crippen LogP contribution in [-0.2, 0) is 0 Å². The SMILES string of the molecule is NC(=O)c1ncc([B-](F)(F)F)cn1. The van der Waals surface area contributed by atoms with Gasteiger partial charge in [-0.3, -0.25) is 4.79 Å². The van der Waals surface area contributed by atoms with E-state index in [1.165, 1.54) is 0 Å². The summed E-state index contributed by atoms with van der Waals surface area (Å²) in [6.07, 6.45) is 1.07. The first-order valence-electron chi connectivity index (χ1n) is 3.23. The average molecular weight is 190 g/mol. The number of carbonyl (C=O) groups excluding carboxylic acids is 1. The van der Waals surface area contributed by atoms with Crippen LogP contribution in [0.2, 0.25) is 0 Å². The molecule has 0 radical (unpaired) electrons. The molecule has 1 aromatic heterocycles. The molecular formula is C5H4BF3N3O-. The molecule has 70 valence electrons. The van der Waals surface area contributed by atoms with Crippen LogP contribution in [0.5, 0.6) is 0 Å². The number of hydrogen-bond donors (Lipinski definition) is 1. The van der Waals surface area contributed by atoms with E-state index in [2.05, 4.69) is 9.97 Å². The number of nitrogens with two attached hydrogens (primary N) is 1. The molecule has 0 aromatic carbocycles. The third kappa shape index (κ3) is 2.17. The summed E-state index contributed by atoms with van der Waals surface area (Å²) in [6, 6.07) is 0. The zero-order valence-corrected chi connectivity index (χ0v) is 6.25. The van der Waals surface area contributed by atoms with Crippen molar-refractivity contribution in [2.24, 2.45) is 5.73 Å². The lowest BCUT2D eigenvalue weighted by Gasteiger charge is -2.12. The van der Waals surface area contributed by atoms with E-state index in [-0.39, 0.29) is 0 Å². The van der Waals surface area contributed by atoms with Gasteiger partial charge in [0, 0.05) is 12.4 Å². The Morgan fingerprint density at radius 2 is 1.77 bits per heavy atom. The van der Waals surface area contributed by atoms with Crippen LogP contribution in [0.3, 0.4) is 0 Å². The normalized spacial score (nSPS) is 11.3. The molecule has 0 saturated carbocycles. The van der Waals surface area contributed by atoms with Crippen molar-refractivity contribution in [2.45, 2.75) is 0 Å². The minimum absolute atomic E-state index is 0.427. The quantitative estimate of drug-likeness (QED) is 0.646. The van der Waals surface area contributed by atoms with Crippen molar-refractivity contribution in [3.8, 4) is 0 Å². The fourth-order valence-corrected chi connectivity index (χ4v) is 0.634. The summed E-state index contributed by atoms with van der Waals surface area (Å²) in [7, 11) is 0. The molecule has 0 aliphatic carbocycles. The maximum absolute atomic E-state index is 12.0. The van der Waals surface area contributed by atoms with Crippen LogP contribution in [0.15, 0.2) is 12.4 Å². The van der Waals surface area contributed by atoms with Crippen LogP contribution in [-0.4, -0.2) is 22.9 Å². The molecule has 1 amide bonds. The van der Waals surface area contributed by atoms with Gasteiger partial charge in [0.2, 0.25) is 5.82 Å². The third-order valence-electron chi connectivity index (χ3n) is 1.27. The number of amides is 1. The first-order chi connectivity index (χ1) is 5.91. The second kappa shape index (κ2) is 3.04. The van der Waals surface area contributed by atoms with Gasteiger partial charge in [-0.25, -0.2) is 9.97 Å². The Balaban J connectivity index is 3.01. The van der Waals surface area contributed by atoms with E-state index in [1.807, 2.05) is 0 Å². The predicted octanol–water partition coefficient (Wildman–Crippen LogP) is -0.370. The van der Waals surface area contributed by atoms with Crippen LogP contribution < -0.4 is 11.2 Å². The van der Waals surface area contributed by atoms with Crippen molar-refractivity contribution in [1.82, 2.24) is 9.97 Å². The van der Waals surface area contributed by atoms with E-state index in [9.17, 15) is 17.7 Å². The van der Waals surface area contributed by atoms with E-state index in [0.29, 0.717) is 12.4 Å². The first kappa shape index (κ1) is 9.49. The molecule has 0 aliphatic heterocycles. The molecule has 4 nitrogen and oxygen atoms in total. The predicted molar refractivity (Wildman–Crippen MR) is 39.3 cm³/mol. The van der Waals surface area contributed by atoms with Gasteiger partial charge < -0.3 is 18.7 Å². The molecule has 2 N–H and O–H groups in total. The average Bonchev–Trinajstić information content (AvgIpc) is 2.03. The van der Waals surface area contributed by atoms with E-state index in [0.717, 1.165) is 0 Å². The fraction of sp³-hybridized carbons (Fsp3) is 0. The van der Waals surface area contributed by atoms with Crippen LogP contribution in [0.4, 0.5) is 12.9 Å². The van der Waals surface area contributed by atoms with Gasteiger partial charge in [-0.2, -0.15) is 0 Å². The van der Waals surface area contributed by atoms with Gasteiger partial charge in [-0.05, 0) is 0 Å². The molecule has 0 fully saturated rings. The number of primary amides is 1. The molecule has 1 aromatic rings. The monoisotopic (exact) mass is 190 g/mol. The van der Waals surface area contributed by atoms with Gasteiger partial charge >= 0.3 is 6.98 Å². The minimum Gasteiger partial charge on any atom is -0.445 e. The van der Waals surface area contributed by atoms with Crippen LogP contribution in [0.25, 0.3) is 0 Å². The van der Waals surface area contributed by atoms with E-state index >= 15 is 0 Å². The van der Waals surface area contributed by atoms with Crippen LogP contribution in [0.1, 0.15) is 10.6 Å². The number of halogens is 3. The molecule has 1 heterocycles. The first-order valence-corrected chi connectivity index (χ1v) is 3.23. The molecule has 8 heteroatoms. The summed E-state index contributed by atoms with van der Waals surface area (Å²) in [6.45, 7) is -5.12. The Kier molecular flexibility index (Phi) is 2.22. The third-order valence-corrected chi connectivity index (χ3v) is 1.27.